The quantitative estimate of drug-likeness (QED) is 0.650. The van der Waals surface area contributed by atoms with E-state index in [1.807, 2.05) is 23.6 Å². The minimum atomic E-state index is -0.822. The van der Waals surface area contributed by atoms with Gasteiger partial charge in [0, 0.05) is 30.6 Å². The fourth-order valence-electron chi connectivity index (χ4n) is 2.41. The molecule has 0 saturated heterocycles. The van der Waals surface area contributed by atoms with Gasteiger partial charge in [-0.05, 0) is 38.1 Å². The average Bonchev–Trinajstić information content (AvgIpc) is 3.07. The SMILES string of the molecule is CCn1c(S[C@H](C)C(=O)Nc2ccc(F)cc2F)nnc1-c1ccncc1. The summed E-state index contributed by atoms with van der Waals surface area (Å²) in [5.41, 5.74) is 0.806. The van der Waals surface area contributed by atoms with Crippen LogP contribution in [0.25, 0.3) is 11.4 Å². The van der Waals surface area contributed by atoms with Crippen molar-refractivity contribution in [1.29, 1.82) is 0 Å². The lowest BCUT2D eigenvalue weighted by atomic mass is 10.2. The highest BCUT2D eigenvalue weighted by Gasteiger charge is 2.21. The second kappa shape index (κ2) is 8.26. The maximum atomic E-state index is 13.7. The smallest absolute Gasteiger partial charge is 0.237 e. The average molecular weight is 389 g/mol. The first-order chi connectivity index (χ1) is 13.0. The first-order valence-electron chi connectivity index (χ1n) is 8.25. The first-order valence-corrected chi connectivity index (χ1v) is 9.13. The monoisotopic (exact) mass is 389 g/mol. The van der Waals surface area contributed by atoms with Crippen molar-refractivity contribution in [1.82, 2.24) is 19.7 Å². The number of pyridine rings is 1. The molecule has 1 N–H and O–H groups in total. The number of nitrogens with one attached hydrogen (secondary N) is 1. The van der Waals surface area contributed by atoms with Gasteiger partial charge in [-0.1, -0.05) is 11.8 Å². The first kappa shape index (κ1) is 19.0. The lowest BCUT2D eigenvalue weighted by Gasteiger charge is -2.13. The molecule has 3 rings (SSSR count). The molecule has 2 aromatic heterocycles. The van der Waals surface area contributed by atoms with Crippen LogP contribution in [0.3, 0.4) is 0 Å². The van der Waals surface area contributed by atoms with Gasteiger partial charge < -0.3 is 9.88 Å². The number of anilines is 1. The summed E-state index contributed by atoms with van der Waals surface area (Å²) in [5, 5.41) is 10.9. The summed E-state index contributed by atoms with van der Waals surface area (Å²) in [6, 6.07) is 6.67. The maximum absolute atomic E-state index is 13.7. The summed E-state index contributed by atoms with van der Waals surface area (Å²) in [7, 11) is 0. The molecule has 3 aromatic rings. The van der Waals surface area contributed by atoms with E-state index in [2.05, 4.69) is 20.5 Å². The number of hydrogen-bond donors (Lipinski definition) is 1. The Morgan fingerprint density at radius 2 is 1.96 bits per heavy atom. The fraction of sp³-hybridized carbons (Fsp3) is 0.222. The zero-order chi connectivity index (χ0) is 19.4. The van der Waals surface area contributed by atoms with Gasteiger partial charge in [0.05, 0.1) is 10.9 Å². The van der Waals surface area contributed by atoms with Crippen molar-refractivity contribution >= 4 is 23.4 Å². The second-order valence-corrected chi connectivity index (χ2v) is 6.97. The molecular formula is C18H17F2N5OS. The van der Waals surface area contributed by atoms with Gasteiger partial charge in [0.25, 0.3) is 0 Å². The van der Waals surface area contributed by atoms with Crippen LogP contribution in [0.5, 0.6) is 0 Å². The van der Waals surface area contributed by atoms with E-state index in [-0.39, 0.29) is 5.69 Å². The molecule has 1 aromatic carbocycles. The Labute approximate surface area is 159 Å². The van der Waals surface area contributed by atoms with E-state index >= 15 is 0 Å². The van der Waals surface area contributed by atoms with E-state index in [0.29, 0.717) is 17.5 Å². The van der Waals surface area contributed by atoms with E-state index < -0.39 is 22.8 Å². The van der Waals surface area contributed by atoms with Crippen molar-refractivity contribution in [2.45, 2.75) is 30.8 Å². The number of carbonyl (C=O) groups excluding carboxylic acids is 1. The minimum absolute atomic E-state index is 0.0664. The number of thioether (sulfide) groups is 1. The van der Waals surface area contributed by atoms with Gasteiger partial charge in [0.1, 0.15) is 11.6 Å². The van der Waals surface area contributed by atoms with Crippen LogP contribution < -0.4 is 5.32 Å². The van der Waals surface area contributed by atoms with Crippen molar-refractivity contribution in [3.8, 4) is 11.4 Å². The minimum Gasteiger partial charge on any atom is -0.323 e. The van der Waals surface area contributed by atoms with Crippen molar-refractivity contribution in [2.24, 2.45) is 0 Å². The molecule has 6 nitrogen and oxygen atoms in total. The van der Waals surface area contributed by atoms with Crippen LogP contribution in [0.4, 0.5) is 14.5 Å². The molecular weight excluding hydrogens is 372 g/mol. The van der Waals surface area contributed by atoms with Gasteiger partial charge >= 0.3 is 0 Å². The highest BCUT2D eigenvalue weighted by Crippen LogP contribution is 2.27. The van der Waals surface area contributed by atoms with Crippen LogP contribution in [0.2, 0.25) is 0 Å². The molecule has 0 fully saturated rings. The predicted molar refractivity (Wildman–Crippen MR) is 99.2 cm³/mol. The highest BCUT2D eigenvalue weighted by atomic mass is 32.2. The number of rotatable bonds is 6. The van der Waals surface area contributed by atoms with Gasteiger partial charge in [-0.25, -0.2) is 8.78 Å². The zero-order valence-corrected chi connectivity index (χ0v) is 15.5. The number of carbonyl (C=O) groups is 1. The van der Waals surface area contributed by atoms with Crippen LogP contribution in [-0.4, -0.2) is 30.9 Å². The van der Waals surface area contributed by atoms with Crippen molar-refractivity contribution < 1.29 is 13.6 Å². The van der Waals surface area contributed by atoms with Crippen molar-refractivity contribution in [3.63, 3.8) is 0 Å². The summed E-state index contributed by atoms with van der Waals surface area (Å²) in [6.45, 7) is 4.26. The number of benzene rings is 1. The van der Waals surface area contributed by atoms with Gasteiger partial charge in [-0.15, -0.1) is 10.2 Å². The topological polar surface area (TPSA) is 72.7 Å². The van der Waals surface area contributed by atoms with Crippen LogP contribution in [0.15, 0.2) is 47.9 Å². The third-order valence-electron chi connectivity index (χ3n) is 3.81. The molecule has 0 aliphatic rings. The molecule has 1 atom stereocenters. The second-order valence-electron chi connectivity index (χ2n) is 5.66. The maximum Gasteiger partial charge on any atom is 0.237 e. The van der Waals surface area contributed by atoms with Gasteiger partial charge in [0.2, 0.25) is 5.91 Å². The molecule has 0 saturated carbocycles. The van der Waals surface area contributed by atoms with Gasteiger partial charge in [-0.3, -0.25) is 9.78 Å². The molecule has 2 heterocycles. The van der Waals surface area contributed by atoms with Gasteiger partial charge in [0.15, 0.2) is 11.0 Å². The van der Waals surface area contributed by atoms with Crippen LogP contribution in [0, 0.1) is 11.6 Å². The largest absolute Gasteiger partial charge is 0.323 e. The normalized spacial score (nSPS) is 12.0. The number of amides is 1. The Balaban J connectivity index is 1.75. The number of aromatic nitrogens is 4. The molecule has 0 bridgehead atoms. The van der Waals surface area contributed by atoms with E-state index in [4.69, 9.17) is 0 Å². The Morgan fingerprint density at radius 3 is 2.63 bits per heavy atom. The summed E-state index contributed by atoms with van der Waals surface area (Å²) >= 11 is 1.21. The van der Waals surface area contributed by atoms with E-state index in [1.54, 1.807) is 19.3 Å². The standard InChI is InChI=1S/C18H17F2N5OS/c1-3-25-16(12-6-8-21-9-7-12)23-24-18(25)27-11(2)17(26)22-15-5-4-13(19)10-14(15)20/h4-11H,3H2,1-2H3,(H,22,26)/t11-/m1/s1. The van der Waals surface area contributed by atoms with Crippen LogP contribution in [-0.2, 0) is 11.3 Å². The van der Waals surface area contributed by atoms with Crippen molar-refractivity contribution in [2.75, 3.05) is 5.32 Å². The summed E-state index contributed by atoms with van der Waals surface area (Å²) in [4.78, 5) is 16.4. The molecule has 140 valence electrons. The number of halogens is 2. The summed E-state index contributed by atoms with van der Waals surface area (Å²) in [5.74, 6) is -1.26. The van der Waals surface area contributed by atoms with E-state index in [0.717, 1.165) is 17.7 Å². The fourth-order valence-corrected chi connectivity index (χ4v) is 3.33. The molecule has 0 aliphatic carbocycles. The number of hydrogen-bond acceptors (Lipinski definition) is 5. The Morgan fingerprint density at radius 1 is 1.22 bits per heavy atom. The third-order valence-corrected chi connectivity index (χ3v) is 4.89. The van der Waals surface area contributed by atoms with Gasteiger partial charge in [-0.2, -0.15) is 0 Å². The Hall–Kier alpha value is -2.81. The summed E-state index contributed by atoms with van der Waals surface area (Å²) in [6.07, 6.45) is 3.34. The summed E-state index contributed by atoms with van der Waals surface area (Å²) < 4.78 is 28.6. The molecule has 0 aliphatic heterocycles. The van der Waals surface area contributed by atoms with E-state index in [1.165, 1.54) is 17.8 Å². The Bertz CT molecular complexity index is 948. The predicted octanol–water partition coefficient (Wildman–Crippen LogP) is 3.76. The molecule has 1 amide bonds. The molecule has 27 heavy (non-hydrogen) atoms. The third kappa shape index (κ3) is 4.30. The lowest BCUT2D eigenvalue weighted by Crippen LogP contribution is -2.23. The molecule has 0 spiro atoms. The highest BCUT2D eigenvalue weighted by molar-refractivity contribution is 8.00. The molecule has 0 radical (unpaired) electrons. The van der Waals surface area contributed by atoms with Crippen LogP contribution >= 0.6 is 11.8 Å². The lowest BCUT2D eigenvalue weighted by molar-refractivity contribution is -0.115. The number of nitrogens with zero attached hydrogens (tertiary/aromatic N) is 4. The molecule has 0 unspecified atom stereocenters. The molecule has 9 heteroatoms. The van der Waals surface area contributed by atoms with Crippen molar-refractivity contribution in [3.05, 3.63) is 54.4 Å². The van der Waals surface area contributed by atoms with E-state index in [9.17, 15) is 13.6 Å². The van der Waals surface area contributed by atoms with Crippen LogP contribution in [0.1, 0.15) is 13.8 Å². The Kier molecular flexibility index (Phi) is 5.80. The zero-order valence-electron chi connectivity index (χ0n) is 14.7.